The summed E-state index contributed by atoms with van der Waals surface area (Å²) in [6.45, 7) is 2.80. The zero-order chi connectivity index (χ0) is 15.2. The molecule has 0 aliphatic carbocycles. The highest BCUT2D eigenvalue weighted by Crippen LogP contribution is 2.11. The molecule has 0 radical (unpaired) electrons. The highest BCUT2D eigenvalue weighted by Gasteiger charge is 2.09. The Morgan fingerprint density at radius 2 is 2.00 bits per heavy atom. The fourth-order valence-electron chi connectivity index (χ4n) is 2.10. The predicted octanol–water partition coefficient (Wildman–Crippen LogP) is 3.18. The van der Waals surface area contributed by atoms with E-state index < -0.39 is 0 Å². The second-order valence-corrected chi connectivity index (χ2v) is 5.44. The van der Waals surface area contributed by atoms with Crippen LogP contribution in [0.15, 0.2) is 36.4 Å². The van der Waals surface area contributed by atoms with Crippen molar-refractivity contribution in [3.8, 4) is 0 Å². The van der Waals surface area contributed by atoms with Crippen LogP contribution in [0, 0.1) is 0 Å². The number of hydrogen-bond acceptors (Lipinski definition) is 3. The summed E-state index contributed by atoms with van der Waals surface area (Å²) < 4.78 is 4.66. The molecule has 5 heteroatoms. The van der Waals surface area contributed by atoms with Crippen LogP contribution in [0.2, 0.25) is 5.02 Å². The van der Waals surface area contributed by atoms with Gasteiger partial charge in [-0.1, -0.05) is 23.7 Å². The Balaban J connectivity index is 1.83. The summed E-state index contributed by atoms with van der Waals surface area (Å²) in [6, 6.07) is 11.8. The molecule has 0 spiro atoms. The number of methoxy groups -OCH3 is 1. The quantitative estimate of drug-likeness (QED) is 0.806. The zero-order valence-electron chi connectivity index (χ0n) is 12.2. The maximum atomic E-state index is 11.3. The third-order valence-electron chi connectivity index (χ3n) is 3.25. The summed E-state index contributed by atoms with van der Waals surface area (Å²) in [6.07, 6.45) is 0.918. The van der Waals surface area contributed by atoms with Crippen LogP contribution in [0.25, 0.3) is 0 Å². The van der Waals surface area contributed by atoms with Crippen LogP contribution in [0.1, 0.15) is 28.7 Å². The summed E-state index contributed by atoms with van der Waals surface area (Å²) in [5, 5.41) is 4.17. The lowest BCUT2D eigenvalue weighted by atomic mass is 10.1. The van der Waals surface area contributed by atoms with Gasteiger partial charge in [0.2, 0.25) is 0 Å². The molecule has 0 aliphatic rings. The number of aromatic nitrogens is 1. The number of H-pyrrole nitrogens is 1. The van der Waals surface area contributed by atoms with Crippen LogP contribution < -0.4 is 5.32 Å². The van der Waals surface area contributed by atoms with E-state index in [4.69, 9.17) is 11.6 Å². The summed E-state index contributed by atoms with van der Waals surface area (Å²) in [5.41, 5.74) is 2.67. The van der Waals surface area contributed by atoms with Gasteiger partial charge in [0.15, 0.2) is 0 Å². The van der Waals surface area contributed by atoms with Crippen molar-refractivity contribution < 1.29 is 9.53 Å². The predicted molar refractivity (Wildman–Crippen MR) is 83.6 cm³/mol. The van der Waals surface area contributed by atoms with E-state index in [1.807, 2.05) is 30.3 Å². The van der Waals surface area contributed by atoms with Crippen molar-refractivity contribution in [1.29, 1.82) is 0 Å². The van der Waals surface area contributed by atoms with Crippen molar-refractivity contribution in [2.75, 3.05) is 7.11 Å². The second-order valence-electron chi connectivity index (χ2n) is 5.00. The summed E-state index contributed by atoms with van der Waals surface area (Å²) in [4.78, 5) is 14.4. The minimum Gasteiger partial charge on any atom is -0.464 e. The van der Waals surface area contributed by atoms with Gasteiger partial charge in [0.1, 0.15) is 5.69 Å². The first kappa shape index (κ1) is 15.6. The largest absolute Gasteiger partial charge is 0.464 e. The van der Waals surface area contributed by atoms with Crippen molar-refractivity contribution in [2.24, 2.45) is 0 Å². The molecule has 2 aromatic rings. The van der Waals surface area contributed by atoms with Crippen molar-refractivity contribution in [3.05, 3.63) is 58.4 Å². The molecule has 1 aromatic heterocycles. The van der Waals surface area contributed by atoms with E-state index in [2.05, 4.69) is 22.0 Å². The maximum absolute atomic E-state index is 11.3. The Morgan fingerprint density at radius 1 is 1.29 bits per heavy atom. The van der Waals surface area contributed by atoms with Crippen molar-refractivity contribution >= 4 is 17.6 Å². The number of esters is 1. The molecule has 0 saturated heterocycles. The Bertz CT molecular complexity index is 593. The van der Waals surface area contributed by atoms with Gasteiger partial charge >= 0.3 is 5.97 Å². The first-order valence-corrected chi connectivity index (χ1v) is 7.20. The van der Waals surface area contributed by atoms with Crippen molar-refractivity contribution in [1.82, 2.24) is 10.3 Å². The molecular weight excluding hydrogens is 288 g/mol. The fraction of sp³-hybridized carbons (Fsp3) is 0.312. The Hall–Kier alpha value is -1.78. The molecule has 1 heterocycles. The first-order chi connectivity index (χ1) is 10.1. The van der Waals surface area contributed by atoms with Gasteiger partial charge in [0, 0.05) is 23.3 Å². The molecule has 1 atom stereocenters. The number of carbonyl (C=O) groups is 1. The number of rotatable bonds is 6. The van der Waals surface area contributed by atoms with Crippen LogP contribution in [-0.4, -0.2) is 24.1 Å². The third kappa shape index (κ3) is 4.62. The molecule has 4 nitrogen and oxygen atoms in total. The summed E-state index contributed by atoms with van der Waals surface area (Å²) in [5.74, 6) is -0.351. The number of nitrogens with one attached hydrogen (secondary N) is 2. The molecule has 0 amide bonds. The Labute approximate surface area is 129 Å². The smallest absolute Gasteiger partial charge is 0.354 e. The van der Waals surface area contributed by atoms with Crippen LogP contribution in [0.3, 0.4) is 0 Å². The molecule has 2 N–H and O–H groups in total. The molecule has 1 unspecified atom stereocenters. The SMILES string of the molecule is COC(=O)c1ccc(CNC(C)Cc2ccc(Cl)cc2)[nH]1. The molecule has 112 valence electrons. The highest BCUT2D eigenvalue weighted by molar-refractivity contribution is 6.30. The number of hydrogen-bond donors (Lipinski definition) is 2. The Morgan fingerprint density at radius 3 is 2.67 bits per heavy atom. The fourth-order valence-corrected chi connectivity index (χ4v) is 2.23. The average Bonchev–Trinajstić information content (AvgIpc) is 2.96. The standard InChI is InChI=1S/C16H19ClN2O2/c1-11(9-12-3-5-13(17)6-4-12)18-10-14-7-8-15(19-14)16(20)21-2/h3-8,11,18-19H,9-10H2,1-2H3. The van der Waals surface area contributed by atoms with Gasteiger partial charge in [-0.3, -0.25) is 0 Å². The van der Waals surface area contributed by atoms with E-state index >= 15 is 0 Å². The molecule has 2 rings (SSSR count). The van der Waals surface area contributed by atoms with E-state index in [0.29, 0.717) is 18.3 Å². The van der Waals surface area contributed by atoms with Crippen LogP contribution >= 0.6 is 11.6 Å². The molecule has 0 saturated carbocycles. The second kappa shape index (κ2) is 7.29. The van der Waals surface area contributed by atoms with E-state index in [0.717, 1.165) is 17.1 Å². The number of benzene rings is 1. The number of aromatic amines is 1. The van der Waals surface area contributed by atoms with Crippen molar-refractivity contribution in [3.63, 3.8) is 0 Å². The monoisotopic (exact) mass is 306 g/mol. The first-order valence-electron chi connectivity index (χ1n) is 6.82. The Kier molecular flexibility index (Phi) is 5.42. The van der Waals surface area contributed by atoms with Gasteiger partial charge in [-0.15, -0.1) is 0 Å². The van der Waals surface area contributed by atoms with Gasteiger partial charge in [-0.25, -0.2) is 4.79 Å². The van der Waals surface area contributed by atoms with E-state index in [1.54, 1.807) is 6.07 Å². The van der Waals surface area contributed by atoms with Gasteiger partial charge in [0.25, 0.3) is 0 Å². The normalized spacial score (nSPS) is 12.1. The van der Waals surface area contributed by atoms with Crippen molar-refractivity contribution in [2.45, 2.75) is 25.9 Å². The van der Waals surface area contributed by atoms with Crippen LogP contribution in [0.5, 0.6) is 0 Å². The third-order valence-corrected chi connectivity index (χ3v) is 3.50. The summed E-state index contributed by atoms with van der Waals surface area (Å²) in [7, 11) is 1.37. The van der Waals surface area contributed by atoms with E-state index in [1.165, 1.54) is 12.7 Å². The number of carbonyl (C=O) groups excluding carboxylic acids is 1. The minimum absolute atomic E-state index is 0.316. The lowest BCUT2D eigenvalue weighted by molar-refractivity contribution is 0.0594. The van der Waals surface area contributed by atoms with Crippen LogP contribution in [-0.2, 0) is 17.7 Å². The lowest BCUT2D eigenvalue weighted by Gasteiger charge is -2.13. The van der Waals surface area contributed by atoms with E-state index in [9.17, 15) is 4.79 Å². The molecule has 0 bridgehead atoms. The van der Waals surface area contributed by atoms with Crippen LogP contribution in [0.4, 0.5) is 0 Å². The molecule has 1 aromatic carbocycles. The van der Waals surface area contributed by atoms with Gasteiger partial charge in [-0.05, 0) is 43.2 Å². The molecular formula is C16H19ClN2O2. The number of ether oxygens (including phenoxy) is 1. The van der Waals surface area contributed by atoms with Gasteiger partial charge in [-0.2, -0.15) is 0 Å². The maximum Gasteiger partial charge on any atom is 0.354 e. The minimum atomic E-state index is -0.351. The molecule has 0 aliphatic heterocycles. The molecule has 0 fully saturated rings. The highest BCUT2D eigenvalue weighted by atomic mass is 35.5. The zero-order valence-corrected chi connectivity index (χ0v) is 12.9. The topological polar surface area (TPSA) is 54.1 Å². The van der Waals surface area contributed by atoms with Gasteiger partial charge < -0.3 is 15.0 Å². The molecule has 21 heavy (non-hydrogen) atoms. The average molecular weight is 307 g/mol. The van der Waals surface area contributed by atoms with E-state index in [-0.39, 0.29) is 5.97 Å². The summed E-state index contributed by atoms with van der Waals surface area (Å²) >= 11 is 5.87. The van der Waals surface area contributed by atoms with Gasteiger partial charge in [0.05, 0.1) is 7.11 Å². The number of halogens is 1. The lowest BCUT2D eigenvalue weighted by Crippen LogP contribution is -2.27.